The number of nitrogens with zero attached hydrogens (tertiary/aromatic N) is 2. The zero-order valence-corrected chi connectivity index (χ0v) is 25.8. The highest BCUT2D eigenvalue weighted by molar-refractivity contribution is 7.92. The number of aryl methyl sites for hydroxylation is 2. The maximum atomic E-state index is 14.1. The van der Waals surface area contributed by atoms with Crippen LogP contribution in [0.5, 0.6) is 5.75 Å². The Hall–Kier alpha value is -3.56. The normalized spacial score (nSPS) is 12.0. The van der Waals surface area contributed by atoms with E-state index in [-0.39, 0.29) is 17.3 Å². The summed E-state index contributed by atoms with van der Waals surface area (Å²) < 4.78 is 34.4. The molecule has 2 amide bonds. The molecule has 41 heavy (non-hydrogen) atoms. The van der Waals surface area contributed by atoms with Crippen LogP contribution in [0.1, 0.15) is 43.4 Å². The van der Waals surface area contributed by atoms with Crippen LogP contribution in [0.25, 0.3) is 0 Å². The monoisotopic (exact) mass is 599 g/mol. The van der Waals surface area contributed by atoms with E-state index in [2.05, 4.69) is 5.32 Å². The lowest BCUT2D eigenvalue weighted by Crippen LogP contribution is -2.51. The third-order valence-electron chi connectivity index (χ3n) is 6.80. The molecule has 0 heterocycles. The van der Waals surface area contributed by atoms with Crippen molar-refractivity contribution >= 4 is 39.1 Å². The lowest BCUT2D eigenvalue weighted by atomic mass is 10.1. The number of hydrogen-bond acceptors (Lipinski definition) is 5. The summed E-state index contributed by atoms with van der Waals surface area (Å²) in [6.07, 6.45) is 1.72. The number of rotatable bonds is 13. The predicted octanol–water partition coefficient (Wildman–Crippen LogP) is 5.49. The molecule has 0 saturated carbocycles. The fourth-order valence-electron chi connectivity index (χ4n) is 4.34. The molecule has 0 spiro atoms. The predicted molar refractivity (Wildman–Crippen MR) is 163 cm³/mol. The number of anilines is 1. The highest BCUT2D eigenvalue weighted by Crippen LogP contribution is 2.29. The number of ether oxygens (including phenoxy) is 1. The largest absolute Gasteiger partial charge is 0.497 e. The SMILES string of the molecule is CCCCNC(=O)[C@H](C)N(Cc1cccc(OC)c1)C(=O)CN(c1ccc(Cl)cc1C)S(=O)(=O)c1ccc(C)cc1. The third kappa shape index (κ3) is 8.24. The maximum Gasteiger partial charge on any atom is 0.264 e. The molecule has 10 heteroatoms. The number of unbranched alkanes of at least 4 members (excludes halogenated alkanes) is 1. The smallest absolute Gasteiger partial charge is 0.264 e. The van der Waals surface area contributed by atoms with E-state index < -0.39 is 28.5 Å². The minimum Gasteiger partial charge on any atom is -0.497 e. The molecule has 3 rings (SSSR count). The van der Waals surface area contributed by atoms with Crippen molar-refractivity contribution in [3.05, 3.63) is 88.4 Å². The van der Waals surface area contributed by atoms with Crippen molar-refractivity contribution < 1.29 is 22.7 Å². The molecule has 0 aromatic heterocycles. The molecule has 0 fully saturated rings. The summed E-state index contributed by atoms with van der Waals surface area (Å²) >= 11 is 6.17. The number of carbonyl (C=O) groups is 2. The summed E-state index contributed by atoms with van der Waals surface area (Å²) in [4.78, 5) is 28.6. The van der Waals surface area contributed by atoms with Crippen molar-refractivity contribution in [1.29, 1.82) is 0 Å². The van der Waals surface area contributed by atoms with Gasteiger partial charge in [0, 0.05) is 18.1 Å². The first-order chi connectivity index (χ1) is 19.5. The van der Waals surface area contributed by atoms with Gasteiger partial charge in [-0.2, -0.15) is 0 Å². The maximum absolute atomic E-state index is 14.1. The van der Waals surface area contributed by atoms with Gasteiger partial charge in [-0.3, -0.25) is 13.9 Å². The van der Waals surface area contributed by atoms with Crippen molar-refractivity contribution in [3.8, 4) is 5.75 Å². The molecule has 1 atom stereocenters. The second-order valence-corrected chi connectivity index (χ2v) is 12.2. The van der Waals surface area contributed by atoms with Gasteiger partial charge < -0.3 is 15.0 Å². The molecule has 3 aromatic carbocycles. The Balaban J connectivity index is 2.04. The summed E-state index contributed by atoms with van der Waals surface area (Å²) in [5, 5.41) is 3.33. The Morgan fingerprint density at radius 3 is 2.37 bits per heavy atom. The number of nitrogens with one attached hydrogen (secondary N) is 1. The van der Waals surface area contributed by atoms with E-state index in [4.69, 9.17) is 16.3 Å². The fourth-order valence-corrected chi connectivity index (χ4v) is 6.04. The summed E-state index contributed by atoms with van der Waals surface area (Å²) in [6.45, 7) is 7.32. The first-order valence-electron chi connectivity index (χ1n) is 13.5. The molecule has 8 nitrogen and oxygen atoms in total. The van der Waals surface area contributed by atoms with Crippen molar-refractivity contribution in [1.82, 2.24) is 10.2 Å². The second-order valence-electron chi connectivity index (χ2n) is 9.95. The first-order valence-corrected chi connectivity index (χ1v) is 15.4. The third-order valence-corrected chi connectivity index (χ3v) is 8.81. The van der Waals surface area contributed by atoms with Gasteiger partial charge in [0.05, 0.1) is 17.7 Å². The van der Waals surface area contributed by atoms with Gasteiger partial charge >= 0.3 is 0 Å². The average Bonchev–Trinajstić information content (AvgIpc) is 2.95. The van der Waals surface area contributed by atoms with Crippen molar-refractivity contribution in [2.24, 2.45) is 0 Å². The highest BCUT2D eigenvalue weighted by atomic mass is 35.5. The zero-order chi connectivity index (χ0) is 30.2. The number of amides is 2. The number of methoxy groups -OCH3 is 1. The molecule has 0 aliphatic carbocycles. The van der Waals surface area contributed by atoms with Crippen molar-refractivity contribution in [2.45, 2.75) is 58.0 Å². The van der Waals surface area contributed by atoms with Gasteiger partial charge in [0.25, 0.3) is 10.0 Å². The summed E-state index contributed by atoms with van der Waals surface area (Å²) in [5.74, 6) is -0.239. The lowest BCUT2D eigenvalue weighted by Gasteiger charge is -2.32. The van der Waals surface area contributed by atoms with E-state index in [1.165, 1.54) is 17.0 Å². The Labute approximate surface area is 248 Å². The zero-order valence-electron chi connectivity index (χ0n) is 24.2. The van der Waals surface area contributed by atoms with Gasteiger partial charge in [-0.1, -0.05) is 54.8 Å². The first kappa shape index (κ1) is 32.0. The van der Waals surface area contributed by atoms with Crippen LogP contribution in [0.4, 0.5) is 5.69 Å². The van der Waals surface area contributed by atoms with Crippen molar-refractivity contribution in [3.63, 3.8) is 0 Å². The molecule has 0 bridgehead atoms. The summed E-state index contributed by atoms with van der Waals surface area (Å²) in [5.41, 5.74) is 2.55. The minimum absolute atomic E-state index is 0.0509. The molecular weight excluding hydrogens is 562 g/mol. The number of carbonyl (C=O) groups excluding carboxylic acids is 2. The Morgan fingerprint density at radius 2 is 1.73 bits per heavy atom. The van der Waals surface area contributed by atoms with Gasteiger partial charge in [0.1, 0.15) is 18.3 Å². The standard InChI is InChI=1S/C31H38ClN3O5S/c1-6-7-17-33-31(37)24(4)34(20-25-9-8-10-27(19-25)40-5)30(36)21-35(29-16-13-26(32)18-23(29)3)41(38,39)28-14-11-22(2)12-15-28/h8-16,18-19,24H,6-7,17,20-21H2,1-5H3,(H,33,37)/t24-/m0/s1. The van der Waals surface area contributed by atoms with E-state index in [1.807, 2.05) is 19.9 Å². The van der Waals surface area contributed by atoms with Crippen LogP contribution in [0, 0.1) is 13.8 Å². The van der Waals surface area contributed by atoms with Crippen LogP contribution in [-0.2, 0) is 26.2 Å². The van der Waals surface area contributed by atoms with Crippen LogP contribution in [0.3, 0.4) is 0 Å². The van der Waals surface area contributed by atoms with Crippen LogP contribution >= 0.6 is 11.6 Å². The van der Waals surface area contributed by atoms with E-state index in [0.717, 1.165) is 28.3 Å². The highest BCUT2D eigenvalue weighted by Gasteiger charge is 2.33. The number of halogens is 1. The van der Waals surface area contributed by atoms with Crippen LogP contribution in [0.2, 0.25) is 5.02 Å². The van der Waals surface area contributed by atoms with Crippen LogP contribution < -0.4 is 14.4 Å². The molecule has 1 N–H and O–H groups in total. The fraction of sp³-hybridized carbons (Fsp3) is 0.355. The van der Waals surface area contributed by atoms with Crippen LogP contribution in [0.15, 0.2) is 71.6 Å². The minimum atomic E-state index is -4.16. The molecule has 0 radical (unpaired) electrons. The molecule has 3 aromatic rings. The van der Waals surface area contributed by atoms with Gasteiger partial charge in [-0.25, -0.2) is 8.42 Å². The number of hydrogen-bond donors (Lipinski definition) is 1. The Kier molecular flexibility index (Phi) is 11.2. The molecule has 0 unspecified atom stereocenters. The van der Waals surface area contributed by atoms with E-state index >= 15 is 0 Å². The van der Waals surface area contributed by atoms with Crippen molar-refractivity contribution in [2.75, 3.05) is 24.5 Å². The van der Waals surface area contributed by atoms with Gasteiger partial charge in [0.15, 0.2) is 0 Å². The Bertz CT molecular complexity index is 1460. The van der Waals surface area contributed by atoms with Gasteiger partial charge in [0.2, 0.25) is 11.8 Å². The summed E-state index contributed by atoms with van der Waals surface area (Å²) in [7, 11) is -2.61. The quantitative estimate of drug-likeness (QED) is 0.262. The number of sulfonamides is 1. The average molecular weight is 600 g/mol. The number of benzene rings is 3. The lowest BCUT2D eigenvalue weighted by molar-refractivity contribution is -0.139. The van der Waals surface area contributed by atoms with E-state index in [0.29, 0.717) is 28.6 Å². The van der Waals surface area contributed by atoms with E-state index in [1.54, 1.807) is 69.5 Å². The second kappa shape index (κ2) is 14.4. The van der Waals surface area contributed by atoms with E-state index in [9.17, 15) is 18.0 Å². The molecule has 220 valence electrons. The molecule has 0 aliphatic rings. The van der Waals surface area contributed by atoms with Gasteiger partial charge in [-0.15, -0.1) is 0 Å². The molecule has 0 saturated heterocycles. The van der Waals surface area contributed by atoms with Crippen LogP contribution in [-0.4, -0.2) is 51.4 Å². The molecular formula is C31H38ClN3O5S. The van der Waals surface area contributed by atoms with Gasteiger partial charge in [-0.05, 0) is 80.8 Å². The summed E-state index contributed by atoms with van der Waals surface area (Å²) in [6, 6.07) is 17.6. The Morgan fingerprint density at radius 1 is 1.02 bits per heavy atom. The molecule has 0 aliphatic heterocycles. The topological polar surface area (TPSA) is 96.0 Å².